The van der Waals surface area contributed by atoms with Crippen molar-refractivity contribution in [1.82, 2.24) is 9.80 Å². The third-order valence-corrected chi connectivity index (χ3v) is 4.56. The summed E-state index contributed by atoms with van der Waals surface area (Å²) in [5.74, 6) is 2.11. The van der Waals surface area contributed by atoms with Crippen molar-refractivity contribution in [3.8, 4) is 11.5 Å². The molecule has 0 aliphatic heterocycles. The van der Waals surface area contributed by atoms with Crippen molar-refractivity contribution in [1.29, 1.82) is 0 Å². The zero-order valence-corrected chi connectivity index (χ0v) is 17.5. The molecule has 1 N–H and O–H groups in total. The number of likely N-dealkylation sites (N-methyl/N-ethyl adjacent to an activating group) is 1. The predicted molar refractivity (Wildman–Crippen MR) is 108 cm³/mol. The lowest BCUT2D eigenvalue weighted by molar-refractivity contribution is 0.0705. The largest absolute Gasteiger partial charge is 0.493 e. The Morgan fingerprint density at radius 3 is 2.38 bits per heavy atom. The Labute approximate surface area is 159 Å². The number of benzene rings is 1. The van der Waals surface area contributed by atoms with Gasteiger partial charge in [-0.2, -0.15) is 0 Å². The van der Waals surface area contributed by atoms with Crippen LogP contribution in [0.3, 0.4) is 0 Å². The second-order valence-electron chi connectivity index (χ2n) is 7.36. The van der Waals surface area contributed by atoms with Gasteiger partial charge in [0, 0.05) is 13.1 Å². The lowest BCUT2D eigenvalue weighted by Gasteiger charge is -2.22. The summed E-state index contributed by atoms with van der Waals surface area (Å²) in [6, 6.07) is 6.04. The van der Waals surface area contributed by atoms with Crippen molar-refractivity contribution in [2.75, 3.05) is 46.9 Å². The third-order valence-electron chi connectivity index (χ3n) is 4.56. The van der Waals surface area contributed by atoms with Gasteiger partial charge in [-0.05, 0) is 56.7 Å². The minimum atomic E-state index is -0.517. The molecule has 5 nitrogen and oxygen atoms in total. The number of methoxy groups -OCH3 is 1. The summed E-state index contributed by atoms with van der Waals surface area (Å²) in [5.41, 5.74) is 1.19. The van der Waals surface area contributed by atoms with Crippen molar-refractivity contribution >= 4 is 0 Å². The molecule has 1 atom stereocenters. The number of rotatable bonds is 13. The number of hydrogen-bond acceptors (Lipinski definition) is 5. The molecule has 0 spiro atoms. The summed E-state index contributed by atoms with van der Waals surface area (Å²) in [6.07, 6.45) is 0.671. The minimum absolute atomic E-state index is 0.263. The molecule has 0 saturated heterocycles. The van der Waals surface area contributed by atoms with E-state index in [4.69, 9.17) is 9.47 Å². The maximum atomic E-state index is 10.2. The summed E-state index contributed by atoms with van der Waals surface area (Å²) in [7, 11) is 3.78. The first-order chi connectivity index (χ1) is 12.4. The minimum Gasteiger partial charge on any atom is -0.493 e. The van der Waals surface area contributed by atoms with Gasteiger partial charge >= 0.3 is 0 Å². The second-order valence-corrected chi connectivity index (χ2v) is 7.36. The first kappa shape index (κ1) is 22.7. The van der Waals surface area contributed by atoms with Crippen molar-refractivity contribution in [3.63, 3.8) is 0 Å². The van der Waals surface area contributed by atoms with Crippen molar-refractivity contribution < 1.29 is 14.6 Å². The Kier molecular flexibility index (Phi) is 10.6. The molecule has 0 heterocycles. The zero-order chi connectivity index (χ0) is 19.5. The highest BCUT2D eigenvalue weighted by Crippen LogP contribution is 2.28. The molecular formula is C21H38N2O3. The van der Waals surface area contributed by atoms with Crippen LogP contribution in [-0.4, -0.2) is 68.0 Å². The van der Waals surface area contributed by atoms with Gasteiger partial charge in [0.2, 0.25) is 0 Å². The molecule has 1 aromatic rings. The molecule has 0 aliphatic carbocycles. The molecule has 0 aromatic heterocycles. The fraction of sp³-hybridized carbons (Fsp3) is 0.714. The Hall–Kier alpha value is -1.30. The molecule has 1 rings (SSSR count). The fourth-order valence-corrected chi connectivity index (χ4v) is 2.82. The summed E-state index contributed by atoms with van der Waals surface area (Å²) >= 11 is 0. The van der Waals surface area contributed by atoms with Gasteiger partial charge in [-0.25, -0.2) is 0 Å². The van der Waals surface area contributed by atoms with Crippen LogP contribution >= 0.6 is 0 Å². The van der Waals surface area contributed by atoms with Gasteiger partial charge in [-0.1, -0.05) is 33.8 Å². The molecule has 0 aliphatic rings. The van der Waals surface area contributed by atoms with Gasteiger partial charge in [-0.15, -0.1) is 0 Å². The van der Waals surface area contributed by atoms with Crippen LogP contribution in [0, 0.1) is 5.92 Å². The van der Waals surface area contributed by atoms with Crippen LogP contribution in [0.15, 0.2) is 18.2 Å². The molecule has 5 heteroatoms. The van der Waals surface area contributed by atoms with Gasteiger partial charge in [0.05, 0.1) is 7.11 Å². The summed E-state index contributed by atoms with van der Waals surface area (Å²) in [4.78, 5) is 4.51. The predicted octanol–water partition coefficient (Wildman–Crippen LogP) is 3.25. The normalized spacial score (nSPS) is 12.8. The first-order valence-corrected chi connectivity index (χ1v) is 9.78. The van der Waals surface area contributed by atoms with Crippen LogP contribution in [0.1, 0.15) is 39.7 Å². The highest BCUT2D eigenvalue weighted by Gasteiger charge is 2.13. The van der Waals surface area contributed by atoms with Gasteiger partial charge in [-0.3, -0.25) is 0 Å². The highest BCUT2D eigenvalue weighted by molar-refractivity contribution is 5.43. The van der Waals surface area contributed by atoms with Crippen LogP contribution in [0.2, 0.25) is 0 Å². The average Bonchev–Trinajstić information content (AvgIpc) is 2.62. The van der Waals surface area contributed by atoms with Crippen molar-refractivity contribution in [2.45, 2.75) is 46.8 Å². The molecule has 26 heavy (non-hydrogen) atoms. The van der Waals surface area contributed by atoms with Crippen molar-refractivity contribution in [3.05, 3.63) is 23.8 Å². The molecular weight excluding hydrogens is 328 g/mol. The first-order valence-electron chi connectivity index (χ1n) is 9.78. The smallest absolute Gasteiger partial charge is 0.161 e. The average molecular weight is 367 g/mol. The molecule has 0 unspecified atom stereocenters. The van der Waals surface area contributed by atoms with Crippen LogP contribution < -0.4 is 9.47 Å². The van der Waals surface area contributed by atoms with E-state index in [1.807, 2.05) is 12.1 Å². The zero-order valence-electron chi connectivity index (χ0n) is 17.5. The maximum absolute atomic E-state index is 10.2. The summed E-state index contributed by atoms with van der Waals surface area (Å²) < 4.78 is 11.3. The van der Waals surface area contributed by atoms with E-state index in [1.54, 1.807) is 7.11 Å². The van der Waals surface area contributed by atoms with E-state index in [0.717, 1.165) is 26.2 Å². The Morgan fingerprint density at radius 1 is 1.12 bits per heavy atom. The second kappa shape index (κ2) is 12.2. The molecule has 150 valence electrons. The summed E-state index contributed by atoms with van der Waals surface area (Å²) in [5, 5.41) is 10.2. The van der Waals surface area contributed by atoms with E-state index >= 15 is 0 Å². The SMILES string of the molecule is CCN(CC)C[C@@H](O)COc1cc(CN(C)CCC(C)C)ccc1OC. The van der Waals surface area contributed by atoms with E-state index < -0.39 is 6.10 Å². The Balaban J connectivity index is 2.65. The highest BCUT2D eigenvalue weighted by atomic mass is 16.5. The van der Waals surface area contributed by atoms with Crippen molar-refractivity contribution in [2.24, 2.45) is 5.92 Å². The maximum Gasteiger partial charge on any atom is 0.161 e. The van der Waals surface area contributed by atoms with Crippen LogP contribution in [0.5, 0.6) is 11.5 Å². The van der Waals surface area contributed by atoms with E-state index in [-0.39, 0.29) is 6.61 Å². The molecule has 0 bridgehead atoms. The van der Waals surface area contributed by atoms with Gasteiger partial charge < -0.3 is 24.4 Å². The fourth-order valence-electron chi connectivity index (χ4n) is 2.82. The van der Waals surface area contributed by atoms with E-state index in [2.05, 4.69) is 50.6 Å². The Morgan fingerprint density at radius 2 is 1.81 bits per heavy atom. The van der Waals surface area contributed by atoms with Crippen LogP contribution in [0.25, 0.3) is 0 Å². The van der Waals surface area contributed by atoms with Gasteiger partial charge in [0.25, 0.3) is 0 Å². The molecule has 1 aromatic carbocycles. The lowest BCUT2D eigenvalue weighted by atomic mass is 10.1. The number of hydrogen-bond donors (Lipinski definition) is 1. The molecule has 0 fully saturated rings. The third kappa shape index (κ3) is 8.39. The van der Waals surface area contributed by atoms with Gasteiger partial charge in [0.15, 0.2) is 11.5 Å². The number of ether oxygens (including phenoxy) is 2. The van der Waals surface area contributed by atoms with E-state index in [0.29, 0.717) is 24.0 Å². The monoisotopic (exact) mass is 366 g/mol. The van der Waals surface area contributed by atoms with Gasteiger partial charge in [0.1, 0.15) is 12.7 Å². The van der Waals surface area contributed by atoms with E-state index in [1.165, 1.54) is 12.0 Å². The molecule has 0 amide bonds. The summed E-state index contributed by atoms with van der Waals surface area (Å²) in [6.45, 7) is 13.4. The van der Waals surface area contributed by atoms with E-state index in [9.17, 15) is 5.11 Å². The molecule has 0 radical (unpaired) electrons. The Bertz CT molecular complexity index is 504. The lowest BCUT2D eigenvalue weighted by Crippen LogP contribution is -2.35. The number of aliphatic hydroxyl groups excluding tert-OH is 1. The number of nitrogens with zero attached hydrogens (tertiary/aromatic N) is 2. The van der Waals surface area contributed by atoms with Crippen LogP contribution in [0.4, 0.5) is 0 Å². The standard InChI is InChI=1S/C21H38N2O3/c1-7-23(8-2)15-19(24)16-26-21-13-18(9-10-20(21)25-6)14-22(5)12-11-17(3)4/h9-10,13,17,19,24H,7-8,11-12,14-16H2,1-6H3/t19-/m1/s1. The van der Waals surface area contributed by atoms with Crippen LogP contribution in [-0.2, 0) is 6.54 Å². The quantitative estimate of drug-likeness (QED) is 0.581. The number of aliphatic hydroxyl groups is 1. The topological polar surface area (TPSA) is 45.2 Å². The molecule has 0 saturated carbocycles.